The lowest BCUT2D eigenvalue weighted by Gasteiger charge is -2.07. The summed E-state index contributed by atoms with van der Waals surface area (Å²) in [5, 5.41) is 7.12. The van der Waals surface area contributed by atoms with Crippen molar-refractivity contribution in [3.05, 3.63) is 72.1 Å². The predicted molar refractivity (Wildman–Crippen MR) is 97.3 cm³/mol. The van der Waals surface area contributed by atoms with Crippen LogP contribution < -0.4 is 14.8 Å². The second-order valence-corrected chi connectivity index (χ2v) is 6.14. The van der Waals surface area contributed by atoms with Gasteiger partial charge in [0.2, 0.25) is 12.7 Å². The van der Waals surface area contributed by atoms with E-state index in [0.29, 0.717) is 19.4 Å². The monoisotopic (exact) mass is 349 g/mol. The molecule has 1 N–H and O–H groups in total. The van der Waals surface area contributed by atoms with E-state index in [4.69, 9.17) is 9.47 Å². The first-order valence-corrected chi connectivity index (χ1v) is 8.51. The van der Waals surface area contributed by atoms with E-state index in [1.165, 1.54) is 0 Å². The highest BCUT2D eigenvalue weighted by Gasteiger charge is 2.13. The fraction of sp³-hybridized carbons (Fsp3) is 0.200. The van der Waals surface area contributed by atoms with Gasteiger partial charge in [-0.05, 0) is 47.9 Å². The van der Waals surface area contributed by atoms with Gasteiger partial charge in [-0.1, -0.05) is 18.2 Å². The van der Waals surface area contributed by atoms with Crippen LogP contribution in [0.25, 0.3) is 0 Å². The number of nitrogens with one attached hydrogen (secondary N) is 1. The molecule has 2 heterocycles. The lowest BCUT2D eigenvalue weighted by atomic mass is 10.1. The molecule has 0 saturated heterocycles. The van der Waals surface area contributed by atoms with Crippen LogP contribution in [0.1, 0.15) is 17.5 Å². The number of rotatable bonds is 6. The molecule has 1 aromatic heterocycles. The highest BCUT2D eigenvalue weighted by molar-refractivity contribution is 5.90. The lowest BCUT2D eigenvalue weighted by molar-refractivity contribution is -0.116. The number of fused-ring (bicyclic) bond motifs is 1. The minimum Gasteiger partial charge on any atom is -0.454 e. The van der Waals surface area contributed by atoms with E-state index in [0.717, 1.165) is 28.3 Å². The van der Waals surface area contributed by atoms with Gasteiger partial charge in [0.05, 0.1) is 6.54 Å². The van der Waals surface area contributed by atoms with Crippen molar-refractivity contribution in [1.82, 2.24) is 9.78 Å². The van der Waals surface area contributed by atoms with E-state index >= 15 is 0 Å². The molecule has 6 heteroatoms. The minimum absolute atomic E-state index is 0.0116. The van der Waals surface area contributed by atoms with E-state index in [9.17, 15) is 4.79 Å². The molecule has 1 aliphatic heterocycles. The molecule has 0 aliphatic carbocycles. The number of hydrogen-bond donors (Lipinski definition) is 1. The second-order valence-electron chi connectivity index (χ2n) is 6.14. The number of carbonyl (C=O) groups excluding carboxylic acids is 1. The van der Waals surface area contributed by atoms with E-state index in [-0.39, 0.29) is 12.7 Å². The van der Waals surface area contributed by atoms with Crippen LogP contribution >= 0.6 is 0 Å². The van der Waals surface area contributed by atoms with Gasteiger partial charge in [0.1, 0.15) is 0 Å². The Morgan fingerprint density at radius 3 is 2.69 bits per heavy atom. The number of anilines is 1. The molecule has 1 aliphatic rings. The number of nitrogens with zero attached hydrogens (tertiary/aromatic N) is 2. The molecule has 0 unspecified atom stereocenters. The molecule has 0 radical (unpaired) electrons. The molecular weight excluding hydrogens is 330 g/mol. The van der Waals surface area contributed by atoms with Crippen molar-refractivity contribution >= 4 is 11.6 Å². The van der Waals surface area contributed by atoms with E-state index < -0.39 is 0 Å². The summed E-state index contributed by atoms with van der Waals surface area (Å²) in [6.07, 6.45) is 4.75. The van der Waals surface area contributed by atoms with Crippen LogP contribution in [-0.2, 0) is 17.8 Å². The molecular formula is C20H19N3O3. The summed E-state index contributed by atoms with van der Waals surface area (Å²) in [7, 11) is 0. The molecule has 4 rings (SSSR count). The Bertz CT molecular complexity index is 889. The van der Waals surface area contributed by atoms with Crippen molar-refractivity contribution < 1.29 is 14.3 Å². The average molecular weight is 349 g/mol. The van der Waals surface area contributed by atoms with Crippen LogP contribution in [0.2, 0.25) is 0 Å². The molecule has 0 fully saturated rings. The van der Waals surface area contributed by atoms with Gasteiger partial charge in [-0.2, -0.15) is 5.10 Å². The van der Waals surface area contributed by atoms with Crippen molar-refractivity contribution in [2.45, 2.75) is 19.4 Å². The van der Waals surface area contributed by atoms with Crippen LogP contribution in [0.4, 0.5) is 5.69 Å². The Hall–Kier alpha value is -3.28. The summed E-state index contributed by atoms with van der Waals surface area (Å²) >= 11 is 0. The van der Waals surface area contributed by atoms with Gasteiger partial charge in [-0.25, -0.2) is 0 Å². The Kier molecular flexibility index (Phi) is 4.55. The molecule has 26 heavy (non-hydrogen) atoms. The fourth-order valence-corrected chi connectivity index (χ4v) is 2.85. The molecule has 0 atom stereocenters. The van der Waals surface area contributed by atoms with Crippen LogP contribution in [0.5, 0.6) is 11.5 Å². The normalized spacial score (nSPS) is 12.2. The van der Waals surface area contributed by atoms with Gasteiger partial charge in [0.25, 0.3) is 0 Å². The van der Waals surface area contributed by atoms with Crippen molar-refractivity contribution in [3.63, 3.8) is 0 Å². The third-order valence-corrected chi connectivity index (χ3v) is 4.22. The molecule has 0 saturated carbocycles. The third-order valence-electron chi connectivity index (χ3n) is 4.22. The molecule has 0 bridgehead atoms. The quantitative estimate of drug-likeness (QED) is 0.742. The maximum Gasteiger partial charge on any atom is 0.231 e. The smallest absolute Gasteiger partial charge is 0.231 e. The van der Waals surface area contributed by atoms with Crippen LogP contribution in [0.3, 0.4) is 0 Å². The SMILES string of the molecule is O=C(CCc1ccc2c(c1)OCO2)Nc1ccc(Cn2cccn2)cc1. The summed E-state index contributed by atoms with van der Waals surface area (Å²) in [6, 6.07) is 15.5. The third kappa shape index (κ3) is 3.85. The van der Waals surface area contributed by atoms with Crippen molar-refractivity contribution in [3.8, 4) is 11.5 Å². The average Bonchev–Trinajstić information content (AvgIpc) is 3.33. The predicted octanol–water partition coefficient (Wildman–Crippen LogP) is 3.23. The first-order valence-electron chi connectivity index (χ1n) is 8.51. The van der Waals surface area contributed by atoms with Gasteiger partial charge < -0.3 is 14.8 Å². The highest BCUT2D eigenvalue weighted by Crippen LogP contribution is 2.32. The fourth-order valence-electron chi connectivity index (χ4n) is 2.85. The molecule has 0 spiro atoms. The van der Waals surface area contributed by atoms with Crippen LogP contribution in [0.15, 0.2) is 60.9 Å². The number of aromatic nitrogens is 2. The topological polar surface area (TPSA) is 65.4 Å². The number of carbonyl (C=O) groups is 1. The summed E-state index contributed by atoms with van der Waals surface area (Å²) in [4.78, 5) is 12.2. The second kappa shape index (κ2) is 7.31. The van der Waals surface area contributed by atoms with E-state index in [2.05, 4.69) is 10.4 Å². The molecule has 1 amide bonds. The zero-order valence-electron chi connectivity index (χ0n) is 14.2. The molecule has 2 aromatic carbocycles. The zero-order chi connectivity index (χ0) is 17.8. The number of amides is 1. The highest BCUT2D eigenvalue weighted by atomic mass is 16.7. The minimum atomic E-state index is -0.0116. The number of hydrogen-bond acceptors (Lipinski definition) is 4. The van der Waals surface area contributed by atoms with Gasteiger partial charge in [-0.3, -0.25) is 9.48 Å². The van der Waals surface area contributed by atoms with E-state index in [1.54, 1.807) is 6.20 Å². The van der Waals surface area contributed by atoms with Crippen molar-refractivity contribution in [1.29, 1.82) is 0 Å². The Morgan fingerprint density at radius 1 is 1.08 bits per heavy atom. The van der Waals surface area contributed by atoms with Crippen LogP contribution in [-0.4, -0.2) is 22.5 Å². The number of benzene rings is 2. The standard InChI is InChI=1S/C20H19N3O3/c24-20(9-5-15-4-8-18-19(12-15)26-14-25-18)22-17-6-2-16(3-7-17)13-23-11-1-10-21-23/h1-4,6-8,10-12H,5,9,13-14H2,(H,22,24). The maximum absolute atomic E-state index is 12.2. The summed E-state index contributed by atoms with van der Waals surface area (Å²) < 4.78 is 12.5. The van der Waals surface area contributed by atoms with Gasteiger partial charge in [-0.15, -0.1) is 0 Å². The van der Waals surface area contributed by atoms with Gasteiger partial charge in [0, 0.05) is 24.5 Å². The van der Waals surface area contributed by atoms with Gasteiger partial charge >= 0.3 is 0 Å². The first-order chi connectivity index (χ1) is 12.8. The molecule has 6 nitrogen and oxygen atoms in total. The summed E-state index contributed by atoms with van der Waals surface area (Å²) in [5.74, 6) is 1.49. The Morgan fingerprint density at radius 2 is 1.88 bits per heavy atom. The van der Waals surface area contributed by atoms with Gasteiger partial charge in [0.15, 0.2) is 11.5 Å². The Labute approximate surface area is 151 Å². The number of ether oxygens (including phenoxy) is 2. The largest absolute Gasteiger partial charge is 0.454 e. The Balaban J connectivity index is 1.29. The zero-order valence-corrected chi connectivity index (χ0v) is 14.2. The maximum atomic E-state index is 12.2. The summed E-state index contributed by atoms with van der Waals surface area (Å²) in [5.41, 5.74) is 2.98. The summed E-state index contributed by atoms with van der Waals surface area (Å²) in [6.45, 7) is 0.973. The van der Waals surface area contributed by atoms with Crippen LogP contribution in [0, 0.1) is 0 Å². The molecule has 3 aromatic rings. The first kappa shape index (κ1) is 16.2. The van der Waals surface area contributed by atoms with E-state index in [1.807, 2.05) is 59.4 Å². The number of aryl methyl sites for hydroxylation is 1. The molecule has 132 valence electrons. The van der Waals surface area contributed by atoms with Crippen molar-refractivity contribution in [2.24, 2.45) is 0 Å². The lowest BCUT2D eigenvalue weighted by Crippen LogP contribution is -2.12. The van der Waals surface area contributed by atoms with Crippen molar-refractivity contribution in [2.75, 3.05) is 12.1 Å².